The number of aliphatic hydroxyl groups is 1. The van der Waals surface area contributed by atoms with Crippen molar-refractivity contribution in [3.63, 3.8) is 0 Å². The van der Waals surface area contributed by atoms with Crippen LogP contribution in [0.1, 0.15) is 57.8 Å². The first kappa shape index (κ1) is 14.8. The Morgan fingerprint density at radius 2 is 1.70 bits per heavy atom. The molecule has 3 aliphatic rings. The molecule has 2 aliphatic carbocycles. The predicted octanol–water partition coefficient (Wildman–Crippen LogP) is 2.82. The van der Waals surface area contributed by atoms with Crippen molar-refractivity contribution in [2.45, 2.75) is 70.0 Å². The summed E-state index contributed by atoms with van der Waals surface area (Å²) in [5, 5.41) is 10.2. The van der Waals surface area contributed by atoms with Gasteiger partial charge in [0.15, 0.2) is 0 Å². The van der Waals surface area contributed by atoms with Gasteiger partial charge in [-0.05, 0) is 57.0 Å². The molecule has 0 aromatic carbocycles. The third-order valence-electron chi connectivity index (χ3n) is 5.68. The van der Waals surface area contributed by atoms with Crippen LogP contribution in [0.3, 0.4) is 0 Å². The van der Waals surface area contributed by atoms with Crippen LogP contribution in [-0.2, 0) is 4.74 Å². The fourth-order valence-electron chi connectivity index (χ4n) is 4.64. The number of fused-ring (bicyclic) bond motifs is 1. The summed E-state index contributed by atoms with van der Waals surface area (Å²) in [5.41, 5.74) is 0. The van der Waals surface area contributed by atoms with Crippen molar-refractivity contribution >= 4 is 0 Å². The SMILES string of the molecule is O[C@H](COC1CCCC2CCCCC21)CN1CCCC1. The lowest BCUT2D eigenvalue weighted by atomic mass is 9.69. The van der Waals surface area contributed by atoms with Crippen molar-refractivity contribution in [1.82, 2.24) is 4.90 Å². The average Bonchev–Trinajstić information content (AvgIpc) is 2.98. The molecule has 1 heterocycles. The molecular formula is C17H31NO2. The van der Waals surface area contributed by atoms with Crippen molar-refractivity contribution in [3.8, 4) is 0 Å². The lowest BCUT2D eigenvalue weighted by Crippen LogP contribution is -2.39. The number of likely N-dealkylation sites (tertiary alicyclic amines) is 1. The van der Waals surface area contributed by atoms with Crippen molar-refractivity contribution in [2.75, 3.05) is 26.2 Å². The molecule has 1 N–H and O–H groups in total. The Bertz CT molecular complexity index is 289. The normalized spacial score (nSPS) is 36.8. The minimum atomic E-state index is -0.294. The van der Waals surface area contributed by atoms with E-state index in [4.69, 9.17) is 4.74 Å². The van der Waals surface area contributed by atoms with Gasteiger partial charge in [-0.1, -0.05) is 25.7 Å². The molecule has 0 spiro atoms. The van der Waals surface area contributed by atoms with Gasteiger partial charge in [-0.2, -0.15) is 0 Å². The minimum absolute atomic E-state index is 0.294. The summed E-state index contributed by atoms with van der Waals surface area (Å²) in [4.78, 5) is 2.37. The molecule has 116 valence electrons. The van der Waals surface area contributed by atoms with E-state index in [-0.39, 0.29) is 6.10 Å². The summed E-state index contributed by atoms with van der Waals surface area (Å²) < 4.78 is 6.15. The highest BCUT2D eigenvalue weighted by molar-refractivity contribution is 4.86. The fraction of sp³-hybridized carbons (Fsp3) is 1.00. The van der Waals surface area contributed by atoms with Crippen molar-refractivity contribution in [3.05, 3.63) is 0 Å². The number of nitrogens with zero attached hydrogens (tertiary/aromatic N) is 1. The first-order chi connectivity index (χ1) is 9.83. The first-order valence-electron chi connectivity index (χ1n) is 8.85. The minimum Gasteiger partial charge on any atom is -0.389 e. The monoisotopic (exact) mass is 281 g/mol. The lowest BCUT2D eigenvalue weighted by Gasteiger charge is -2.41. The third kappa shape index (κ3) is 3.75. The van der Waals surface area contributed by atoms with E-state index in [9.17, 15) is 5.11 Å². The van der Waals surface area contributed by atoms with E-state index in [0.717, 1.165) is 31.5 Å². The predicted molar refractivity (Wildman–Crippen MR) is 80.7 cm³/mol. The van der Waals surface area contributed by atoms with Gasteiger partial charge in [-0.15, -0.1) is 0 Å². The van der Waals surface area contributed by atoms with Crippen LogP contribution in [0.15, 0.2) is 0 Å². The van der Waals surface area contributed by atoms with Crippen LogP contribution in [0.5, 0.6) is 0 Å². The number of β-amino-alcohol motifs (C(OH)–C–C–N with tert-alkyl or cyclic N) is 1. The maximum absolute atomic E-state index is 10.2. The van der Waals surface area contributed by atoms with E-state index in [0.29, 0.717) is 12.7 Å². The van der Waals surface area contributed by atoms with Crippen LogP contribution >= 0.6 is 0 Å². The number of hydrogen-bond donors (Lipinski definition) is 1. The Kier molecular flexibility index (Phi) is 5.36. The highest BCUT2D eigenvalue weighted by Gasteiger charge is 2.35. The smallest absolute Gasteiger partial charge is 0.0900 e. The first-order valence-corrected chi connectivity index (χ1v) is 8.85. The molecule has 20 heavy (non-hydrogen) atoms. The molecular weight excluding hydrogens is 250 g/mol. The molecule has 0 bridgehead atoms. The molecule has 0 aromatic heterocycles. The molecule has 1 aliphatic heterocycles. The zero-order chi connectivity index (χ0) is 13.8. The van der Waals surface area contributed by atoms with Gasteiger partial charge >= 0.3 is 0 Å². The molecule has 3 heteroatoms. The Labute approximate surface area is 123 Å². The zero-order valence-electron chi connectivity index (χ0n) is 12.8. The maximum Gasteiger partial charge on any atom is 0.0900 e. The lowest BCUT2D eigenvalue weighted by molar-refractivity contribution is -0.0780. The van der Waals surface area contributed by atoms with Crippen LogP contribution in [-0.4, -0.2) is 48.5 Å². The summed E-state index contributed by atoms with van der Waals surface area (Å²) in [5.74, 6) is 1.70. The van der Waals surface area contributed by atoms with Gasteiger partial charge in [0, 0.05) is 6.54 Å². The Morgan fingerprint density at radius 3 is 2.55 bits per heavy atom. The van der Waals surface area contributed by atoms with E-state index in [1.807, 2.05) is 0 Å². The number of rotatable bonds is 5. The fourth-order valence-corrected chi connectivity index (χ4v) is 4.64. The van der Waals surface area contributed by atoms with E-state index in [2.05, 4.69) is 4.90 Å². The van der Waals surface area contributed by atoms with Crippen LogP contribution in [0.2, 0.25) is 0 Å². The van der Waals surface area contributed by atoms with Gasteiger partial charge in [0.2, 0.25) is 0 Å². The maximum atomic E-state index is 10.2. The highest BCUT2D eigenvalue weighted by atomic mass is 16.5. The van der Waals surface area contributed by atoms with E-state index in [1.165, 1.54) is 57.8 Å². The van der Waals surface area contributed by atoms with E-state index < -0.39 is 0 Å². The van der Waals surface area contributed by atoms with Gasteiger partial charge in [-0.3, -0.25) is 0 Å². The van der Waals surface area contributed by atoms with Crippen molar-refractivity contribution < 1.29 is 9.84 Å². The molecule has 0 radical (unpaired) electrons. The molecule has 3 fully saturated rings. The average molecular weight is 281 g/mol. The second-order valence-electron chi connectivity index (χ2n) is 7.17. The molecule has 3 unspecified atom stereocenters. The second kappa shape index (κ2) is 7.24. The number of hydrogen-bond acceptors (Lipinski definition) is 3. The van der Waals surface area contributed by atoms with Crippen LogP contribution < -0.4 is 0 Å². The molecule has 1 saturated heterocycles. The quantitative estimate of drug-likeness (QED) is 0.841. The third-order valence-corrected chi connectivity index (χ3v) is 5.68. The zero-order valence-corrected chi connectivity index (χ0v) is 12.8. The summed E-state index contributed by atoms with van der Waals surface area (Å²) in [6.07, 6.45) is 12.3. The summed E-state index contributed by atoms with van der Waals surface area (Å²) in [6, 6.07) is 0. The molecule has 3 nitrogen and oxygen atoms in total. The standard InChI is InChI=1S/C17H31NO2/c19-15(12-18-10-3-4-11-18)13-20-17-9-5-7-14-6-1-2-8-16(14)17/h14-17,19H,1-13H2/t14?,15-,16?,17?/m0/s1. The van der Waals surface area contributed by atoms with Crippen molar-refractivity contribution in [1.29, 1.82) is 0 Å². The Balaban J connectivity index is 1.42. The molecule has 0 amide bonds. The number of aliphatic hydroxyl groups excluding tert-OH is 1. The van der Waals surface area contributed by atoms with Crippen LogP contribution in [0.25, 0.3) is 0 Å². The van der Waals surface area contributed by atoms with E-state index in [1.54, 1.807) is 0 Å². The van der Waals surface area contributed by atoms with Gasteiger partial charge in [0.1, 0.15) is 0 Å². The largest absolute Gasteiger partial charge is 0.389 e. The Hall–Kier alpha value is -0.120. The van der Waals surface area contributed by atoms with Gasteiger partial charge in [0.05, 0.1) is 18.8 Å². The van der Waals surface area contributed by atoms with Gasteiger partial charge in [-0.25, -0.2) is 0 Å². The van der Waals surface area contributed by atoms with E-state index >= 15 is 0 Å². The Morgan fingerprint density at radius 1 is 0.950 bits per heavy atom. The molecule has 0 aromatic rings. The second-order valence-corrected chi connectivity index (χ2v) is 7.17. The summed E-state index contributed by atoms with van der Waals surface area (Å²) in [7, 11) is 0. The summed E-state index contributed by atoms with van der Waals surface area (Å²) in [6.45, 7) is 3.67. The molecule has 4 atom stereocenters. The van der Waals surface area contributed by atoms with Crippen LogP contribution in [0.4, 0.5) is 0 Å². The topological polar surface area (TPSA) is 32.7 Å². The molecule has 3 rings (SSSR count). The molecule has 2 saturated carbocycles. The number of ether oxygens (including phenoxy) is 1. The summed E-state index contributed by atoms with van der Waals surface area (Å²) >= 11 is 0. The van der Waals surface area contributed by atoms with Gasteiger partial charge in [0.25, 0.3) is 0 Å². The van der Waals surface area contributed by atoms with Crippen LogP contribution in [0, 0.1) is 11.8 Å². The highest BCUT2D eigenvalue weighted by Crippen LogP contribution is 2.41. The van der Waals surface area contributed by atoms with Crippen molar-refractivity contribution in [2.24, 2.45) is 11.8 Å². The van der Waals surface area contributed by atoms with Gasteiger partial charge < -0.3 is 14.7 Å².